The quantitative estimate of drug-likeness (QED) is 0.323. The summed E-state index contributed by atoms with van der Waals surface area (Å²) in [6, 6.07) is 14.4. The van der Waals surface area contributed by atoms with E-state index in [0.29, 0.717) is 5.56 Å². The van der Waals surface area contributed by atoms with Crippen LogP contribution < -0.4 is 4.74 Å². The Hall–Kier alpha value is -2.27. The molecule has 0 N–H and O–H groups in total. The van der Waals surface area contributed by atoms with E-state index in [2.05, 4.69) is 45.0 Å². The van der Waals surface area contributed by atoms with Crippen molar-refractivity contribution in [2.24, 2.45) is 0 Å². The van der Waals surface area contributed by atoms with E-state index in [0.717, 1.165) is 24.3 Å². The molecule has 2 aromatic carbocycles. The lowest BCUT2D eigenvalue weighted by Gasteiger charge is -2.12. The van der Waals surface area contributed by atoms with E-state index in [1.165, 1.54) is 74.5 Å². The van der Waals surface area contributed by atoms with Gasteiger partial charge >= 0.3 is 0 Å². The Bertz CT molecular complexity index is 788. The van der Waals surface area contributed by atoms with Gasteiger partial charge in [-0.25, -0.2) is 0 Å². The molecule has 29 heavy (non-hydrogen) atoms. The van der Waals surface area contributed by atoms with Crippen LogP contribution in [0.25, 0.3) is 11.1 Å². The average Bonchev–Trinajstić information content (AvgIpc) is 2.73. The molecule has 2 nitrogen and oxygen atoms in total. The fourth-order valence-corrected chi connectivity index (χ4v) is 3.81. The van der Waals surface area contributed by atoms with Crippen LogP contribution in [0.15, 0.2) is 36.4 Å². The van der Waals surface area contributed by atoms with Gasteiger partial charge in [-0.2, -0.15) is 5.26 Å². The highest BCUT2D eigenvalue weighted by Gasteiger charge is 2.06. The van der Waals surface area contributed by atoms with Gasteiger partial charge in [0.05, 0.1) is 18.2 Å². The number of nitriles is 1. The second kappa shape index (κ2) is 13.0. The van der Waals surface area contributed by atoms with Crippen LogP contribution in [-0.2, 0) is 0 Å². The second-order valence-corrected chi connectivity index (χ2v) is 8.15. The predicted octanol–water partition coefficient (Wildman–Crippen LogP) is 8.14. The lowest BCUT2D eigenvalue weighted by molar-refractivity contribution is 0.302. The van der Waals surface area contributed by atoms with Gasteiger partial charge in [-0.3, -0.25) is 0 Å². The smallest absolute Gasteiger partial charge is 0.122 e. The SMILES string of the molecule is CCCCCCCCCCCCOc1ccc(-c2ccc(C#N)cc2C)cc1C. The molecular weight excluding hydrogens is 354 g/mol. The third-order valence-electron chi connectivity index (χ3n) is 5.60. The Balaban J connectivity index is 1.70. The maximum Gasteiger partial charge on any atom is 0.122 e. The Labute approximate surface area is 177 Å². The highest BCUT2D eigenvalue weighted by Crippen LogP contribution is 2.29. The number of hydrogen-bond donors (Lipinski definition) is 0. The van der Waals surface area contributed by atoms with E-state index >= 15 is 0 Å². The molecule has 2 heteroatoms. The number of hydrogen-bond acceptors (Lipinski definition) is 2. The van der Waals surface area contributed by atoms with Crippen LogP contribution in [-0.4, -0.2) is 6.61 Å². The Morgan fingerprint density at radius 1 is 0.759 bits per heavy atom. The van der Waals surface area contributed by atoms with Crippen molar-refractivity contribution in [3.05, 3.63) is 53.1 Å². The van der Waals surface area contributed by atoms with Crippen LogP contribution in [0.4, 0.5) is 0 Å². The van der Waals surface area contributed by atoms with Gasteiger partial charge in [-0.1, -0.05) is 76.8 Å². The molecule has 0 amide bonds. The molecule has 0 saturated carbocycles. The maximum absolute atomic E-state index is 9.04. The van der Waals surface area contributed by atoms with Crippen molar-refractivity contribution in [2.45, 2.75) is 85.0 Å². The molecule has 0 fully saturated rings. The zero-order chi connectivity index (χ0) is 20.9. The lowest BCUT2D eigenvalue weighted by Crippen LogP contribution is -1.99. The molecule has 0 aliphatic heterocycles. The Kier molecular flexibility index (Phi) is 10.4. The molecule has 0 heterocycles. The van der Waals surface area contributed by atoms with E-state index in [9.17, 15) is 0 Å². The fraction of sp³-hybridized carbons (Fsp3) is 0.519. The predicted molar refractivity (Wildman–Crippen MR) is 123 cm³/mol. The van der Waals surface area contributed by atoms with Crippen molar-refractivity contribution < 1.29 is 4.74 Å². The molecule has 0 atom stereocenters. The molecular formula is C27H37NO. The van der Waals surface area contributed by atoms with Crippen LogP contribution in [0.5, 0.6) is 5.75 Å². The van der Waals surface area contributed by atoms with Gasteiger partial charge in [-0.15, -0.1) is 0 Å². The summed E-state index contributed by atoms with van der Waals surface area (Å²) >= 11 is 0. The summed E-state index contributed by atoms with van der Waals surface area (Å²) in [6.07, 6.45) is 13.4. The minimum absolute atomic E-state index is 0.708. The van der Waals surface area contributed by atoms with Gasteiger partial charge < -0.3 is 4.74 Å². The molecule has 2 rings (SSSR count). The van der Waals surface area contributed by atoms with Crippen LogP contribution in [0.2, 0.25) is 0 Å². The molecule has 0 spiro atoms. The summed E-state index contributed by atoms with van der Waals surface area (Å²) < 4.78 is 6.02. The van der Waals surface area contributed by atoms with Crippen molar-refractivity contribution in [1.29, 1.82) is 5.26 Å². The molecule has 2 aromatic rings. The van der Waals surface area contributed by atoms with Gasteiger partial charge in [0, 0.05) is 0 Å². The topological polar surface area (TPSA) is 33.0 Å². The van der Waals surface area contributed by atoms with E-state index in [1.54, 1.807) is 0 Å². The maximum atomic E-state index is 9.04. The summed E-state index contributed by atoms with van der Waals surface area (Å²) in [5, 5.41) is 9.04. The van der Waals surface area contributed by atoms with Crippen molar-refractivity contribution >= 4 is 0 Å². The highest BCUT2D eigenvalue weighted by atomic mass is 16.5. The van der Waals surface area contributed by atoms with Crippen LogP contribution in [0, 0.1) is 25.2 Å². The standard InChI is InChI=1S/C27H37NO/c1-4-5-6-7-8-9-10-11-12-13-18-29-27-17-15-25(20-23(27)3)26-16-14-24(21-28)19-22(26)2/h14-17,19-20H,4-13,18H2,1-3H3. The summed E-state index contributed by atoms with van der Waals surface area (Å²) in [7, 11) is 0. The largest absolute Gasteiger partial charge is 0.493 e. The first kappa shape index (κ1) is 23.0. The summed E-state index contributed by atoms with van der Waals surface area (Å²) in [5.74, 6) is 0.982. The van der Waals surface area contributed by atoms with E-state index in [-0.39, 0.29) is 0 Å². The Morgan fingerprint density at radius 3 is 2.00 bits per heavy atom. The van der Waals surface area contributed by atoms with Crippen molar-refractivity contribution in [3.8, 4) is 22.9 Å². The minimum Gasteiger partial charge on any atom is -0.493 e. The third-order valence-corrected chi connectivity index (χ3v) is 5.60. The van der Waals surface area contributed by atoms with Gasteiger partial charge in [0.25, 0.3) is 0 Å². The van der Waals surface area contributed by atoms with E-state index in [4.69, 9.17) is 10.00 Å². The molecule has 0 saturated heterocycles. The van der Waals surface area contributed by atoms with Crippen LogP contribution >= 0.6 is 0 Å². The van der Waals surface area contributed by atoms with E-state index in [1.807, 2.05) is 18.2 Å². The number of unbranched alkanes of at least 4 members (excludes halogenated alkanes) is 9. The number of nitrogens with zero attached hydrogens (tertiary/aromatic N) is 1. The first-order chi connectivity index (χ1) is 14.2. The van der Waals surface area contributed by atoms with Crippen LogP contribution in [0.3, 0.4) is 0 Å². The minimum atomic E-state index is 0.708. The first-order valence-electron chi connectivity index (χ1n) is 11.4. The third kappa shape index (κ3) is 7.94. The number of rotatable bonds is 13. The molecule has 0 unspecified atom stereocenters. The van der Waals surface area contributed by atoms with Gasteiger partial charge in [0.15, 0.2) is 0 Å². The number of ether oxygens (including phenoxy) is 1. The molecule has 156 valence electrons. The number of aryl methyl sites for hydroxylation is 2. The normalized spacial score (nSPS) is 10.7. The first-order valence-corrected chi connectivity index (χ1v) is 11.4. The molecule has 0 aliphatic carbocycles. The molecule has 0 radical (unpaired) electrons. The highest BCUT2D eigenvalue weighted by molar-refractivity contribution is 5.69. The summed E-state index contributed by atoms with van der Waals surface area (Å²) in [6.45, 7) is 7.23. The molecule has 0 bridgehead atoms. The lowest BCUT2D eigenvalue weighted by atomic mass is 9.97. The second-order valence-electron chi connectivity index (χ2n) is 8.15. The molecule has 0 aromatic heterocycles. The summed E-state index contributed by atoms with van der Waals surface area (Å²) in [4.78, 5) is 0. The zero-order valence-corrected chi connectivity index (χ0v) is 18.6. The van der Waals surface area contributed by atoms with Gasteiger partial charge in [-0.05, 0) is 66.8 Å². The summed E-state index contributed by atoms with van der Waals surface area (Å²) in [5.41, 5.74) is 5.35. The van der Waals surface area contributed by atoms with Crippen molar-refractivity contribution in [1.82, 2.24) is 0 Å². The van der Waals surface area contributed by atoms with Crippen molar-refractivity contribution in [3.63, 3.8) is 0 Å². The fourth-order valence-electron chi connectivity index (χ4n) is 3.81. The van der Waals surface area contributed by atoms with Crippen LogP contribution in [0.1, 0.15) is 87.8 Å². The number of benzene rings is 2. The zero-order valence-electron chi connectivity index (χ0n) is 18.6. The van der Waals surface area contributed by atoms with E-state index < -0.39 is 0 Å². The van der Waals surface area contributed by atoms with Gasteiger partial charge in [0.2, 0.25) is 0 Å². The Morgan fingerprint density at radius 2 is 1.41 bits per heavy atom. The molecule has 0 aliphatic rings. The van der Waals surface area contributed by atoms with Crippen molar-refractivity contribution in [2.75, 3.05) is 6.61 Å². The van der Waals surface area contributed by atoms with Gasteiger partial charge in [0.1, 0.15) is 5.75 Å². The average molecular weight is 392 g/mol. The monoisotopic (exact) mass is 391 g/mol.